The molecule has 1 aromatic heterocycles. The third kappa shape index (κ3) is 5.06. The SMILES string of the molecule is CCOCCn1c(=NC(=O)c2ccc(Cc3ccccc3)cc2)sc2c(C)cc(C)cc21. The van der Waals surface area contributed by atoms with E-state index in [0.717, 1.165) is 16.6 Å². The third-order valence-corrected chi connectivity index (χ3v) is 6.66. The predicted molar refractivity (Wildman–Crippen MR) is 131 cm³/mol. The number of hydrogen-bond acceptors (Lipinski definition) is 3. The van der Waals surface area contributed by atoms with Gasteiger partial charge in [0.25, 0.3) is 5.91 Å². The number of benzene rings is 3. The van der Waals surface area contributed by atoms with Gasteiger partial charge in [-0.25, -0.2) is 0 Å². The highest BCUT2D eigenvalue weighted by atomic mass is 32.1. The van der Waals surface area contributed by atoms with E-state index >= 15 is 0 Å². The lowest BCUT2D eigenvalue weighted by Crippen LogP contribution is -2.19. The van der Waals surface area contributed by atoms with Crippen LogP contribution in [0.25, 0.3) is 10.2 Å². The Morgan fingerprint density at radius 2 is 1.72 bits per heavy atom. The molecule has 0 radical (unpaired) electrons. The fourth-order valence-electron chi connectivity index (χ4n) is 3.86. The van der Waals surface area contributed by atoms with Crippen LogP contribution in [0.1, 0.15) is 39.5 Å². The van der Waals surface area contributed by atoms with Gasteiger partial charge in [0.15, 0.2) is 4.80 Å². The van der Waals surface area contributed by atoms with Crippen LogP contribution in [0, 0.1) is 13.8 Å². The van der Waals surface area contributed by atoms with Gasteiger partial charge in [0, 0.05) is 18.7 Å². The fourth-order valence-corrected chi connectivity index (χ4v) is 4.97. The number of amides is 1. The van der Waals surface area contributed by atoms with Crippen molar-refractivity contribution in [1.82, 2.24) is 4.57 Å². The maximum Gasteiger partial charge on any atom is 0.279 e. The van der Waals surface area contributed by atoms with Gasteiger partial charge in [-0.2, -0.15) is 4.99 Å². The van der Waals surface area contributed by atoms with Crippen molar-refractivity contribution in [3.05, 3.63) is 99.3 Å². The summed E-state index contributed by atoms with van der Waals surface area (Å²) in [4.78, 5) is 18.2. The molecule has 3 aromatic carbocycles. The zero-order chi connectivity index (χ0) is 22.5. The van der Waals surface area contributed by atoms with Crippen LogP contribution >= 0.6 is 11.3 Å². The first kappa shape index (κ1) is 22.2. The monoisotopic (exact) mass is 444 g/mol. The summed E-state index contributed by atoms with van der Waals surface area (Å²) in [6.45, 7) is 8.11. The van der Waals surface area contributed by atoms with Gasteiger partial charge in [-0.15, -0.1) is 0 Å². The van der Waals surface area contributed by atoms with E-state index < -0.39 is 0 Å². The van der Waals surface area contributed by atoms with Crippen LogP contribution in [0.5, 0.6) is 0 Å². The molecule has 0 fully saturated rings. The number of carbonyl (C=O) groups is 1. The van der Waals surface area contributed by atoms with Gasteiger partial charge in [0.2, 0.25) is 0 Å². The number of nitrogens with zero attached hydrogens (tertiary/aromatic N) is 2. The van der Waals surface area contributed by atoms with Crippen LogP contribution in [0.15, 0.2) is 71.7 Å². The molecule has 0 aliphatic rings. The average Bonchev–Trinajstić information content (AvgIpc) is 3.12. The molecule has 0 aliphatic carbocycles. The lowest BCUT2D eigenvalue weighted by molar-refractivity contribution is 0.0996. The summed E-state index contributed by atoms with van der Waals surface area (Å²) < 4.78 is 8.85. The topological polar surface area (TPSA) is 43.6 Å². The Morgan fingerprint density at radius 1 is 1.00 bits per heavy atom. The summed E-state index contributed by atoms with van der Waals surface area (Å²) in [5.74, 6) is -0.220. The van der Waals surface area contributed by atoms with E-state index in [4.69, 9.17) is 4.74 Å². The van der Waals surface area contributed by atoms with E-state index in [0.29, 0.717) is 30.1 Å². The maximum atomic E-state index is 13.0. The van der Waals surface area contributed by atoms with Crippen LogP contribution in [0.2, 0.25) is 0 Å². The molecule has 0 N–H and O–H groups in total. The number of aryl methyl sites for hydroxylation is 2. The Morgan fingerprint density at radius 3 is 2.44 bits per heavy atom. The third-order valence-electron chi connectivity index (χ3n) is 5.43. The second-order valence-electron chi connectivity index (χ2n) is 7.94. The minimum Gasteiger partial charge on any atom is -0.380 e. The number of rotatable bonds is 7. The molecular formula is C27H28N2O2S. The zero-order valence-electron chi connectivity index (χ0n) is 18.8. The van der Waals surface area contributed by atoms with Crippen molar-refractivity contribution < 1.29 is 9.53 Å². The molecule has 0 atom stereocenters. The lowest BCUT2D eigenvalue weighted by Gasteiger charge is -2.07. The molecule has 4 nitrogen and oxygen atoms in total. The molecule has 0 aliphatic heterocycles. The van der Waals surface area contributed by atoms with Crippen molar-refractivity contribution >= 4 is 27.5 Å². The second-order valence-corrected chi connectivity index (χ2v) is 8.92. The molecule has 0 bridgehead atoms. The first-order valence-corrected chi connectivity index (χ1v) is 11.8. The van der Waals surface area contributed by atoms with Crippen molar-refractivity contribution in [2.75, 3.05) is 13.2 Å². The summed E-state index contributed by atoms with van der Waals surface area (Å²) >= 11 is 1.57. The van der Waals surface area contributed by atoms with Crippen LogP contribution in [0.4, 0.5) is 0 Å². The summed E-state index contributed by atoms with van der Waals surface area (Å²) in [7, 11) is 0. The van der Waals surface area contributed by atoms with Gasteiger partial charge in [-0.3, -0.25) is 4.79 Å². The molecule has 0 saturated heterocycles. The van der Waals surface area contributed by atoms with E-state index in [2.05, 4.69) is 47.7 Å². The number of ether oxygens (including phenoxy) is 1. The Hall–Kier alpha value is -3.02. The molecule has 5 heteroatoms. The van der Waals surface area contributed by atoms with Gasteiger partial charge in [0.05, 0.1) is 16.8 Å². The molecule has 0 unspecified atom stereocenters. The highest BCUT2D eigenvalue weighted by Crippen LogP contribution is 2.23. The van der Waals surface area contributed by atoms with E-state index in [9.17, 15) is 4.79 Å². The predicted octanol–water partition coefficient (Wildman–Crippen LogP) is 5.69. The molecule has 0 saturated carbocycles. The summed E-state index contributed by atoms with van der Waals surface area (Å²) in [5.41, 5.74) is 6.54. The van der Waals surface area contributed by atoms with Crippen molar-refractivity contribution in [3.8, 4) is 0 Å². The number of aromatic nitrogens is 1. The van der Waals surface area contributed by atoms with Crippen LogP contribution in [0.3, 0.4) is 0 Å². The van der Waals surface area contributed by atoms with E-state index in [1.165, 1.54) is 22.3 Å². The van der Waals surface area contributed by atoms with Crippen LogP contribution < -0.4 is 4.80 Å². The second kappa shape index (κ2) is 10.1. The maximum absolute atomic E-state index is 13.0. The summed E-state index contributed by atoms with van der Waals surface area (Å²) in [6.07, 6.45) is 0.846. The minimum absolute atomic E-state index is 0.220. The Labute approximate surface area is 192 Å². The number of fused-ring (bicyclic) bond motifs is 1. The Bertz CT molecular complexity index is 1290. The quantitative estimate of drug-likeness (QED) is 0.344. The average molecular weight is 445 g/mol. The Kier molecular flexibility index (Phi) is 6.98. The molecule has 4 aromatic rings. The smallest absolute Gasteiger partial charge is 0.279 e. The van der Waals surface area contributed by atoms with Crippen LogP contribution in [-0.4, -0.2) is 23.7 Å². The molecule has 164 valence electrons. The van der Waals surface area contributed by atoms with Gasteiger partial charge < -0.3 is 9.30 Å². The van der Waals surface area contributed by atoms with E-state index in [-0.39, 0.29) is 5.91 Å². The molecule has 1 heterocycles. The van der Waals surface area contributed by atoms with Crippen molar-refractivity contribution in [3.63, 3.8) is 0 Å². The van der Waals surface area contributed by atoms with Gasteiger partial charge in [-0.05, 0) is 67.6 Å². The van der Waals surface area contributed by atoms with Gasteiger partial charge in [0.1, 0.15) is 0 Å². The molecule has 32 heavy (non-hydrogen) atoms. The number of carbonyl (C=O) groups excluding carboxylic acids is 1. The highest BCUT2D eigenvalue weighted by Gasteiger charge is 2.12. The molecule has 1 amide bonds. The van der Waals surface area contributed by atoms with Crippen molar-refractivity contribution in [1.29, 1.82) is 0 Å². The van der Waals surface area contributed by atoms with Crippen LogP contribution in [-0.2, 0) is 17.7 Å². The number of hydrogen-bond donors (Lipinski definition) is 0. The minimum atomic E-state index is -0.220. The zero-order valence-corrected chi connectivity index (χ0v) is 19.6. The molecular weight excluding hydrogens is 416 g/mol. The summed E-state index contributed by atoms with van der Waals surface area (Å²) in [5, 5.41) is 0. The van der Waals surface area contributed by atoms with Gasteiger partial charge >= 0.3 is 0 Å². The standard InChI is InChI=1S/C27H28N2O2S/c1-4-31-15-14-29-24-17-19(2)16-20(3)25(24)32-27(29)28-26(30)23-12-10-22(11-13-23)18-21-8-6-5-7-9-21/h5-13,16-17H,4,14-15,18H2,1-3H3. The highest BCUT2D eigenvalue weighted by molar-refractivity contribution is 7.16. The van der Waals surface area contributed by atoms with Crippen molar-refractivity contribution in [2.45, 2.75) is 33.7 Å². The lowest BCUT2D eigenvalue weighted by atomic mass is 10.0. The molecule has 4 rings (SSSR count). The van der Waals surface area contributed by atoms with E-state index in [1.807, 2.05) is 49.4 Å². The first-order valence-electron chi connectivity index (χ1n) is 11.0. The molecule has 0 spiro atoms. The Balaban J connectivity index is 1.65. The summed E-state index contributed by atoms with van der Waals surface area (Å²) in [6, 6.07) is 22.4. The number of thiazole rings is 1. The largest absolute Gasteiger partial charge is 0.380 e. The van der Waals surface area contributed by atoms with E-state index in [1.54, 1.807) is 11.3 Å². The van der Waals surface area contributed by atoms with Crippen molar-refractivity contribution in [2.24, 2.45) is 4.99 Å². The first-order chi connectivity index (χ1) is 15.5. The van der Waals surface area contributed by atoms with Gasteiger partial charge in [-0.1, -0.05) is 59.9 Å². The fraction of sp³-hybridized carbons (Fsp3) is 0.259. The normalized spacial score (nSPS) is 11.9.